The van der Waals surface area contributed by atoms with Gasteiger partial charge in [-0.05, 0) is 23.8 Å². The van der Waals surface area contributed by atoms with E-state index in [2.05, 4.69) is 10.6 Å². The van der Waals surface area contributed by atoms with Gasteiger partial charge in [0.2, 0.25) is 5.91 Å². The molecule has 0 aromatic heterocycles. The number of carbonyl (C=O) groups excluding carboxylic acids is 2. The Bertz CT molecular complexity index is 495. The summed E-state index contributed by atoms with van der Waals surface area (Å²) < 4.78 is 4.99. The molecular formula is C12H12N2O3. The zero-order chi connectivity index (χ0) is 11.8. The van der Waals surface area contributed by atoms with Crippen LogP contribution in [0.5, 0.6) is 0 Å². The number of hydrogen-bond acceptors (Lipinski definition) is 3. The first-order chi connectivity index (χ1) is 8.22. The summed E-state index contributed by atoms with van der Waals surface area (Å²) >= 11 is 0. The van der Waals surface area contributed by atoms with E-state index in [4.69, 9.17) is 4.74 Å². The highest BCUT2D eigenvalue weighted by atomic mass is 16.5. The molecule has 0 bridgehead atoms. The Morgan fingerprint density at radius 3 is 2.94 bits per heavy atom. The van der Waals surface area contributed by atoms with Crippen molar-refractivity contribution >= 4 is 17.5 Å². The molecule has 5 heteroatoms. The Morgan fingerprint density at radius 1 is 1.41 bits per heavy atom. The standard InChI is InChI=1S/C12H12N2O3/c15-11-4-8-3-7(1-2-10(8)14-11)12(16)13-9-5-17-6-9/h1-3,9H,4-6H2,(H,13,16)(H,14,15). The average molecular weight is 232 g/mol. The molecule has 17 heavy (non-hydrogen) atoms. The monoisotopic (exact) mass is 232 g/mol. The van der Waals surface area contributed by atoms with Gasteiger partial charge in [0, 0.05) is 11.3 Å². The number of anilines is 1. The molecule has 0 saturated carbocycles. The van der Waals surface area contributed by atoms with E-state index in [-0.39, 0.29) is 17.9 Å². The number of carbonyl (C=O) groups is 2. The van der Waals surface area contributed by atoms with Crippen LogP contribution in [0.4, 0.5) is 5.69 Å². The fraction of sp³-hybridized carbons (Fsp3) is 0.333. The second-order valence-corrected chi connectivity index (χ2v) is 4.30. The van der Waals surface area contributed by atoms with Crippen molar-refractivity contribution in [3.8, 4) is 0 Å². The molecular weight excluding hydrogens is 220 g/mol. The third kappa shape index (κ3) is 1.89. The van der Waals surface area contributed by atoms with Gasteiger partial charge in [0.1, 0.15) is 0 Å². The number of rotatable bonds is 2. The molecule has 5 nitrogen and oxygen atoms in total. The summed E-state index contributed by atoms with van der Waals surface area (Å²) in [6.45, 7) is 1.16. The molecule has 0 unspecified atom stereocenters. The van der Waals surface area contributed by atoms with Crippen molar-refractivity contribution in [2.45, 2.75) is 12.5 Å². The van der Waals surface area contributed by atoms with Crippen LogP contribution in [0.25, 0.3) is 0 Å². The molecule has 0 spiro atoms. The van der Waals surface area contributed by atoms with Gasteiger partial charge >= 0.3 is 0 Å². The second kappa shape index (κ2) is 3.85. The molecule has 1 aromatic rings. The summed E-state index contributed by atoms with van der Waals surface area (Å²) in [6, 6.07) is 5.38. The van der Waals surface area contributed by atoms with Crippen LogP contribution in [0.2, 0.25) is 0 Å². The average Bonchev–Trinajstić information content (AvgIpc) is 2.62. The predicted octanol–water partition coefficient (Wildman–Crippen LogP) is 0.310. The van der Waals surface area contributed by atoms with E-state index >= 15 is 0 Å². The molecule has 1 saturated heterocycles. The highest BCUT2D eigenvalue weighted by Gasteiger charge is 2.23. The number of nitrogens with one attached hydrogen (secondary N) is 2. The smallest absolute Gasteiger partial charge is 0.251 e. The van der Waals surface area contributed by atoms with E-state index in [1.165, 1.54) is 0 Å². The number of hydrogen-bond donors (Lipinski definition) is 2. The van der Waals surface area contributed by atoms with Gasteiger partial charge in [-0.2, -0.15) is 0 Å². The highest BCUT2D eigenvalue weighted by Crippen LogP contribution is 2.23. The first-order valence-electron chi connectivity index (χ1n) is 5.54. The summed E-state index contributed by atoms with van der Waals surface area (Å²) in [5.74, 6) is -0.134. The van der Waals surface area contributed by atoms with Gasteiger partial charge in [0.15, 0.2) is 0 Å². The molecule has 2 amide bonds. The highest BCUT2D eigenvalue weighted by molar-refractivity contribution is 6.01. The van der Waals surface area contributed by atoms with Gasteiger partial charge < -0.3 is 15.4 Å². The molecule has 3 rings (SSSR count). The Morgan fingerprint density at radius 2 is 2.24 bits per heavy atom. The van der Waals surface area contributed by atoms with Crippen LogP contribution in [-0.2, 0) is 16.0 Å². The molecule has 2 aliphatic rings. The van der Waals surface area contributed by atoms with Crippen molar-refractivity contribution in [1.82, 2.24) is 5.32 Å². The Hall–Kier alpha value is -1.88. The lowest BCUT2D eigenvalue weighted by molar-refractivity contribution is -0.115. The third-order valence-corrected chi connectivity index (χ3v) is 2.97. The van der Waals surface area contributed by atoms with Gasteiger partial charge in [0.05, 0.1) is 25.7 Å². The van der Waals surface area contributed by atoms with Crippen molar-refractivity contribution in [2.24, 2.45) is 0 Å². The van der Waals surface area contributed by atoms with Crippen LogP contribution in [0, 0.1) is 0 Å². The molecule has 0 aliphatic carbocycles. The lowest BCUT2D eigenvalue weighted by atomic mass is 10.1. The lowest BCUT2D eigenvalue weighted by Gasteiger charge is -2.26. The quantitative estimate of drug-likeness (QED) is 0.771. The van der Waals surface area contributed by atoms with Crippen LogP contribution in [0.3, 0.4) is 0 Å². The van der Waals surface area contributed by atoms with Crippen LogP contribution in [0.1, 0.15) is 15.9 Å². The van der Waals surface area contributed by atoms with Crippen molar-refractivity contribution in [1.29, 1.82) is 0 Å². The first-order valence-corrected chi connectivity index (χ1v) is 5.54. The summed E-state index contributed by atoms with van der Waals surface area (Å²) in [6.07, 6.45) is 0.350. The Balaban J connectivity index is 1.77. The molecule has 2 aliphatic heterocycles. The number of fused-ring (bicyclic) bond motifs is 1. The van der Waals surface area contributed by atoms with E-state index in [0.717, 1.165) is 11.3 Å². The maximum absolute atomic E-state index is 11.9. The summed E-state index contributed by atoms with van der Waals surface area (Å²) in [7, 11) is 0. The molecule has 2 heterocycles. The summed E-state index contributed by atoms with van der Waals surface area (Å²) in [5.41, 5.74) is 2.28. The Kier molecular flexibility index (Phi) is 2.33. The minimum Gasteiger partial charge on any atom is -0.377 e. The molecule has 1 fully saturated rings. The van der Waals surface area contributed by atoms with E-state index in [1.807, 2.05) is 0 Å². The van der Waals surface area contributed by atoms with Crippen molar-refractivity contribution in [3.05, 3.63) is 29.3 Å². The third-order valence-electron chi connectivity index (χ3n) is 2.97. The predicted molar refractivity (Wildman–Crippen MR) is 60.8 cm³/mol. The van der Waals surface area contributed by atoms with E-state index in [0.29, 0.717) is 25.2 Å². The summed E-state index contributed by atoms with van der Waals surface area (Å²) in [5, 5.41) is 5.60. The van der Waals surface area contributed by atoms with Gasteiger partial charge in [-0.25, -0.2) is 0 Å². The van der Waals surface area contributed by atoms with Gasteiger partial charge in [0.25, 0.3) is 5.91 Å². The van der Waals surface area contributed by atoms with Gasteiger partial charge in [-0.3, -0.25) is 9.59 Å². The van der Waals surface area contributed by atoms with E-state index < -0.39 is 0 Å². The topological polar surface area (TPSA) is 67.4 Å². The molecule has 0 atom stereocenters. The molecule has 2 N–H and O–H groups in total. The van der Waals surface area contributed by atoms with Crippen LogP contribution in [-0.4, -0.2) is 31.1 Å². The van der Waals surface area contributed by atoms with Crippen LogP contribution < -0.4 is 10.6 Å². The lowest BCUT2D eigenvalue weighted by Crippen LogP contribution is -2.48. The fourth-order valence-corrected chi connectivity index (χ4v) is 1.96. The Labute approximate surface area is 98.1 Å². The van der Waals surface area contributed by atoms with Crippen LogP contribution >= 0.6 is 0 Å². The van der Waals surface area contributed by atoms with Crippen LogP contribution in [0.15, 0.2) is 18.2 Å². The zero-order valence-corrected chi connectivity index (χ0v) is 9.16. The molecule has 88 valence electrons. The minimum absolute atomic E-state index is 0.0232. The first kappa shape index (κ1) is 10.3. The van der Waals surface area contributed by atoms with E-state index in [1.54, 1.807) is 18.2 Å². The number of benzene rings is 1. The maximum Gasteiger partial charge on any atom is 0.251 e. The maximum atomic E-state index is 11.9. The largest absolute Gasteiger partial charge is 0.377 e. The van der Waals surface area contributed by atoms with Crippen molar-refractivity contribution in [2.75, 3.05) is 18.5 Å². The summed E-state index contributed by atoms with van der Waals surface area (Å²) in [4.78, 5) is 23.0. The molecule has 0 radical (unpaired) electrons. The second-order valence-electron chi connectivity index (χ2n) is 4.30. The fourth-order valence-electron chi connectivity index (χ4n) is 1.96. The van der Waals surface area contributed by atoms with Crippen molar-refractivity contribution < 1.29 is 14.3 Å². The minimum atomic E-state index is -0.111. The number of ether oxygens (including phenoxy) is 1. The number of amides is 2. The SMILES string of the molecule is O=C1Cc2cc(C(=O)NC3COC3)ccc2N1. The van der Waals surface area contributed by atoms with Gasteiger partial charge in [-0.1, -0.05) is 0 Å². The van der Waals surface area contributed by atoms with Crippen molar-refractivity contribution in [3.63, 3.8) is 0 Å². The molecule has 1 aromatic carbocycles. The normalized spacial score (nSPS) is 18.2. The van der Waals surface area contributed by atoms with Gasteiger partial charge in [-0.15, -0.1) is 0 Å². The zero-order valence-electron chi connectivity index (χ0n) is 9.16. The van der Waals surface area contributed by atoms with E-state index in [9.17, 15) is 9.59 Å².